The van der Waals surface area contributed by atoms with E-state index in [4.69, 9.17) is 9.47 Å². The number of nitriles is 1. The Balaban J connectivity index is 1.67. The molecule has 2 aliphatic rings. The molecular formula is C21H25N3O5. The average molecular weight is 399 g/mol. The van der Waals surface area contributed by atoms with Gasteiger partial charge in [0.25, 0.3) is 5.91 Å². The maximum Gasteiger partial charge on any atom is 0.349 e. The van der Waals surface area contributed by atoms with Crippen molar-refractivity contribution in [2.24, 2.45) is 0 Å². The van der Waals surface area contributed by atoms with Gasteiger partial charge < -0.3 is 14.0 Å². The number of carbonyl (C=O) groups is 3. The van der Waals surface area contributed by atoms with Gasteiger partial charge in [-0.05, 0) is 50.8 Å². The van der Waals surface area contributed by atoms with Gasteiger partial charge in [-0.15, -0.1) is 0 Å². The molecule has 2 fully saturated rings. The van der Waals surface area contributed by atoms with E-state index < -0.39 is 18.5 Å². The third kappa shape index (κ3) is 4.74. The number of aromatic nitrogens is 1. The lowest BCUT2D eigenvalue weighted by Crippen LogP contribution is -2.35. The summed E-state index contributed by atoms with van der Waals surface area (Å²) in [5.74, 6) is -1.70. The highest BCUT2D eigenvalue weighted by molar-refractivity contribution is 6.01. The van der Waals surface area contributed by atoms with E-state index in [1.807, 2.05) is 26.0 Å². The van der Waals surface area contributed by atoms with Gasteiger partial charge in [-0.2, -0.15) is 5.26 Å². The Morgan fingerprint density at radius 2 is 2.17 bits per heavy atom. The van der Waals surface area contributed by atoms with Crippen molar-refractivity contribution in [2.45, 2.75) is 52.2 Å². The Kier molecular flexibility index (Phi) is 6.49. The van der Waals surface area contributed by atoms with Crippen LogP contribution >= 0.6 is 0 Å². The van der Waals surface area contributed by atoms with E-state index in [9.17, 15) is 19.6 Å². The average Bonchev–Trinajstić information content (AvgIpc) is 3.42. The summed E-state index contributed by atoms with van der Waals surface area (Å²) in [6.07, 6.45) is 4.67. The molecule has 0 radical (unpaired) electrons. The molecule has 8 nitrogen and oxygen atoms in total. The van der Waals surface area contributed by atoms with Crippen molar-refractivity contribution in [3.8, 4) is 6.07 Å². The highest BCUT2D eigenvalue weighted by atomic mass is 16.5. The predicted octanol–water partition coefficient (Wildman–Crippen LogP) is 1.88. The van der Waals surface area contributed by atoms with E-state index in [0.29, 0.717) is 19.4 Å². The van der Waals surface area contributed by atoms with E-state index in [1.54, 1.807) is 0 Å². The Bertz CT molecular complexity index is 887. The zero-order valence-electron chi connectivity index (χ0n) is 16.8. The van der Waals surface area contributed by atoms with Gasteiger partial charge in [0.1, 0.15) is 11.6 Å². The second-order valence-electron chi connectivity index (χ2n) is 7.36. The van der Waals surface area contributed by atoms with Crippen molar-refractivity contribution >= 4 is 23.9 Å². The molecule has 1 aromatic heterocycles. The molecule has 3 heterocycles. The largest absolute Gasteiger partial charge is 0.451 e. The number of nitrogens with zero attached hydrogens (tertiary/aromatic N) is 3. The predicted molar refractivity (Wildman–Crippen MR) is 103 cm³/mol. The molecule has 154 valence electrons. The highest BCUT2D eigenvalue weighted by Crippen LogP contribution is 2.22. The second-order valence-corrected chi connectivity index (χ2v) is 7.36. The van der Waals surface area contributed by atoms with Crippen molar-refractivity contribution < 1.29 is 23.9 Å². The van der Waals surface area contributed by atoms with Crippen LogP contribution in [0.3, 0.4) is 0 Å². The van der Waals surface area contributed by atoms with Crippen LogP contribution in [0.5, 0.6) is 0 Å². The number of rotatable bonds is 6. The summed E-state index contributed by atoms with van der Waals surface area (Å²) in [5, 5.41) is 9.38. The minimum atomic E-state index is -0.878. The Labute approximate surface area is 169 Å². The molecule has 0 N–H and O–H groups in total. The van der Waals surface area contributed by atoms with E-state index in [1.165, 1.54) is 6.08 Å². The Morgan fingerprint density at radius 3 is 2.79 bits per heavy atom. The summed E-state index contributed by atoms with van der Waals surface area (Å²) in [4.78, 5) is 36.9. The highest BCUT2D eigenvalue weighted by Gasteiger charge is 2.27. The summed E-state index contributed by atoms with van der Waals surface area (Å²) in [5.41, 5.74) is 2.49. The third-order valence-corrected chi connectivity index (χ3v) is 5.36. The van der Waals surface area contributed by atoms with E-state index in [-0.39, 0.29) is 17.6 Å². The molecule has 0 bridgehead atoms. The van der Waals surface area contributed by atoms with Gasteiger partial charge in [-0.25, -0.2) is 4.79 Å². The van der Waals surface area contributed by atoms with Crippen molar-refractivity contribution in [1.82, 2.24) is 9.47 Å². The first kappa shape index (κ1) is 20.8. The van der Waals surface area contributed by atoms with E-state index in [0.717, 1.165) is 47.8 Å². The molecule has 0 unspecified atom stereocenters. The molecule has 3 rings (SSSR count). The molecule has 1 atom stereocenters. The fourth-order valence-electron chi connectivity index (χ4n) is 3.73. The van der Waals surface area contributed by atoms with Crippen LogP contribution in [-0.4, -0.2) is 53.1 Å². The molecule has 0 aromatic carbocycles. The Hall–Kier alpha value is -2.92. The Morgan fingerprint density at radius 1 is 1.38 bits per heavy atom. The lowest BCUT2D eigenvalue weighted by molar-refractivity contribution is -0.152. The third-order valence-electron chi connectivity index (χ3n) is 5.36. The fraction of sp³-hybridized carbons (Fsp3) is 0.524. The monoisotopic (exact) mass is 399 g/mol. The lowest BCUT2D eigenvalue weighted by atomic mass is 10.1. The summed E-state index contributed by atoms with van der Waals surface area (Å²) in [6.45, 7) is 5.19. The number of hydrogen-bond acceptors (Lipinski definition) is 6. The van der Waals surface area contributed by atoms with Crippen LogP contribution in [0.15, 0.2) is 11.6 Å². The van der Waals surface area contributed by atoms with Gasteiger partial charge in [-0.1, -0.05) is 0 Å². The molecular weight excluding hydrogens is 374 g/mol. The van der Waals surface area contributed by atoms with Crippen molar-refractivity contribution in [2.75, 3.05) is 19.8 Å². The number of carbonyl (C=O) groups excluding carboxylic acids is 3. The van der Waals surface area contributed by atoms with Crippen LogP contribution in [0.2, 0.25) is 0 Å². The van der Waals surface area contributed by atoms with E-state index >= 15 is 0 Å². The minimum Gasteiger partial charge on any atom is -0.451 e. The van der Waals surface area contributed by atoms with Gasteiger partial charge in [0.2, 0.25) is 5.91 Å². The van der Waals surface area contributed by atoms with Crippen molar-refractivity contribution in [1.29, 1.82) is 5.26 Å². The topological polar surface area (TPSA) is 102 Å². The summed E-state index contributed by atoms with van der Waals surface area (Å²) < 4.78 is 12.8. The molecule has 0 saturated carbocycles. The lowest BCUT2D eigenvalue weighted by Gasteiger charge is -2.14. The number of aryl methyl sites for hydroxylation is 1. The molecule has 2 aliphatic heterocycles. The number of ether oxygens (including phenoxy) is 2. The van der Waals surface area contributed by atoms with Crippen LogP contribution in [0, 0.1) is 25.2 Å². The molecule has 0 aliphatic carbocycles. The zero-order valence-corrected chi connectivity index (χ0v) is 16.8. The maximum absolute atomic E-state index is 12.3. The van der Waals surface area contributed by atoms with Gasteiger partial charge in [0, 0.05) is 37.5 Å². The number of imide groups is 1. The van der Waals surface area contributed by atoms with Crippen LogP contribution in [0.4, 0.5) is 0 Å². The summed E-state index contributed by atoms with van der Waals surface area (Å²) in [7, 11) is 0. The first-order valence-electron chi connectivity index (χ1n) is 9.81. The van der Waals surface area contributed by atoms with Gasteiger partial charge in [0.15, 0.2) is 6.61 Å². The first-order valence-corrected chi connectivity index (χ1v) is 9.81. The number of likely N-dealkylation sites (tertiary alicyclic amines) is 1. The molecule has 0 spiro atoms. The normalized spacial score (nSPS) is 19.5. The molecule has 29 heavy (non-hydrogen) atoms. The van der Waals surface area contributed by atoms with Gasteiger partial charge >= 0.3 is 5.97 Å². The first-order chi connectivity index (χ1) is 13.9. The number of amides is 2. The maximum atomic E-state index is 12.3. The molecule has 2 saturated heterocycles. The van der Waals surface area contributed by atoms with Crippen LogP contribution in [0.1, 0.15) is 42.6 Å². The number of esters is 1. The van der Waals surface area contributed by atoms with Crippen LogP contribution in [-0.2, 0) is 30.4 Å². The van der Waals surface area contributed by atoms with Crippen LogP contribution in [0.25, 0.3) is 6.08 Å². The fourth-order valence-corrected chi connectivity index (χ4v) is 3.73. The van der Waals surface area contributed by atoms with E-state index in [2.05, 4.69) is 4.57 Å². The molecule has 2 amide bonds. The van der Waals surface area contributed by atoms with Crippen molar-refractivity contribution in [3.05, 3.63) is 28.6 Å². The summed E-state index contributed by atoms with van der Waals surface area (Å²) in [6, 6.07) is 3.75. The zero-order chi connectivity index (χ0) is 21.0. The number of hydrogen-bond donors (Lipinski definition) is 0. The standard InChI is InChI=1S/C21H25N3O5/c1-14-9-16(15(2)24(14)12-18-5-4-8-28-18)10-17(11-22)21(27)29-13-20(26)23-7-3-6-19(23)25/h9-10,18H,3-8,12-13H2,1-2H3/b17-10+/t18-/m0/s1. The summed E-state index contributed by atoms with van der Waals surface area (Å²) >= 11 is 0. The SMILES string of the molecule is Cc1cc(/C=C(\C#N)C(=O)OCC(=O)N2CCCC2=O)c(C)n1C[C@@H]1CCCO1. The molecule has 8 heteroatoms. The van der Waals surface area contributed by atoms with Crippen LogP contribution < -0.4 is 0 Å². The molecule has 1 aromatic rings. The van der Waals surface area contributed by atoms with Gasteiger partial charge in [-0.3, -0.25) is 14.5 Å². The second kappa shape index (κ2) is 9.05. The minimum absolute atomic E-state index is 0.177. The van der Waals surface area contributed by atoms with Crippen molar-refractivity contribution in [3.63, 3.8) is 0 Å². The van der Waals surface area contributed by atoms with Gasteiger partial charge in [0.05, 0.1) is 6.10 Å². The smallest absolute Gasteiger partial charge is 0.349 e. The quantitative estimate of drug-likeness (QED) is 0.411.